The van der Waals surface area contributed by atoms with Crippen LogP contribution in [0.5, 0.6) is 5.75 Å². The smallest absolute Gasteiger partial charge is 0.365 e. The number of non-ortho nitro benzene ring substituents is 1. The predicted molar refractivity (Wildman–Crippen MR) is 106 cm³/mol. The van der Waals surface area contributed by atoms with Crippen molar-refractivity contribution in [3.05, 3.63) is 106 Å². The van der Waals surface area contributed by atoms with Crippen molar-refractivity contribution in [2.75, 3.05) is 0 Å². The van der Waals surface area contributed by atoms with Crippen molar-refractivity contribution in [1.29, 1.82) is 0 Å². The van der Waals surface area contributed by atoms with Crippen molar-refractivity contribution in [1.82, 2.24) is 0 Å². The number of rotatable bonds is 4. The van der Waals surface area contributed by atoms with Crippen molar-refractivity contribution in [2.45, 2.75) is 12.5 Å². The molecule has 1 heterocycles. The highest BCUT2D eigenvalue weighted by atomic mass is 16.7. The molecule has 4 rings (SSSR count). The van der Waals surface area contributed by atoms with E-state index in [9.17, 15) is 14.9 Å². The minimum Gasteiger partial charge on any atom is -0.485 e. The summed E-state index contributed by atoms with van der Waals surface area (Å²) in [5.74, 6) is -0.112. The lowest BCUT2D eigenvalue weighted by atomic mass is 9.96. The first-order chi connectivity index (χ1) is 14.1. The number of hydrogen-bond acceptors (Lipinski definition) is 6. The van der Waals surface area contributed by atoms with Crippen LogP contribution in [0.2, 0.25) is 0 Å². The van der Waals surface area contributed by atoms with Gasteiger partial charge in [0.25, 0.3) is 5.69 Å². The quantitative estimate of drug-likeness (QED) is 0.368. The molecule has 1 aliphatic rings. The number of para-hydroxylation sites is 1. The summed E-state index contributed by atoms with van der Waals surface area (Å²) in [4.78, 5) is 27.8. The zero-order valence-corrected chi connectivity index (χ0v) is 15.2. The summed E-state index contributed by atoms with van der Waals surface area (Å²) < 4.78 is 6.09. The lowest BCUT2D eigenvalue weighted by Gasteiger charge is -2.27. The van der Waals surface area contributed by atoms with Gasteiger partial charge in [-0.15, -0.1) is 0 Å². The molecule has 0 aliphatic carbocycles. The van der Waals surface area contributed by atoms with Crippen LogP contribution in [0.1, 0.15) is 34.0 Å². The molecule has 3 aromatic carbocycles. The number of hydrogen-bond donors (Lipinski definition) is 0. The number of fused-ring (bicyclic) bond motifs is 1. The maximum Gasteiger partial charge on any atom is 0.365 e. The SMILES string of the molecule is O=C(O/N=C1/C[C@@H](c2ccccc2)Oc2ccccc21)c1cccc([N+](=O)[O-])c1. The van der Waals surface area contributed by atoms with Crippen LogP contribution in [0.4, 0.5) is 5.69 Å². The minimum atomic E-state index is -0.763. The monoisotopic (exact) mass is 388 g/mol. The number of nitro benzene ring substituents is 1. The molecule has 0 spiro atoms. The zero-order chi connectivity index (χ0) is 20.2. The number of nitrogens with zero attached hydrogens (tertiary/aromatic N) is 2. The van der Waals surface area contributed by atoms with Crippen molar-refractivity contribution >= 4 is 17.4 Å². The van der Waals surface area contributed by atoms with Gasteiger partial charge in [-0.2, -0.15) is 0 Å². The summed E-state index contributed by atoms with van der Waals surface area (Å²) in [6.07, 6.45) is 0.157. The molecule has 0 N–H and O–H groups in total. The molecule has 0 saturated heterocycles. The third-order valence-corrected chi connectivity index (χ3v) is 4.55. The number of oxime groups is 1. The molecule has 3 aromatic rings. The first-order valence-electron chi connectivity index (χ1n) is 8.95. The van der Waals surface area contributed by atoms with Crippen LogP contribution >= 0.6 is 0 Å². The number of nitro groups is 1. The molecule has 0 radical (unpaired) electrons. The van der Waals surface area contributed by atoms with E-state index in [1.807, 2.05) is 54.6 Å². The minimum absolute atomic E-state index is 0.0588. The van der Waals surface area contributed by atoms with Gasteiger partial charge in [0.15, 0.2) is 0 Å². The average molecular weight is 388 g/mol. The molecular formula is C22H16N2O5. The second kappa shape index (κ2) is 7.93. The van der Waals surface area contributed by atoms with Crippen molar-refractivity contribution in [3.63, 3.8) is 0 Å². The Labute approximate surface area is 166 Å². The highest BCUT2D eigenvalue weighted by molar-refractivity contribution is 6.04. The first-order valence-corrected chi connectivity index (χ1v) is 8.95. The number of carbonyl (C=O) groups excluding carboxylic acids is 1. The maximum atomic E-state index is 12.3. The third-order valence-electron chi connectivity index (χ3n) is 4.55. The highest BCUT2D eigenvalue weighted by Crippen LogP contribution is 2.35. The zero-order valence-electron chi connectivity index (χ0n) is 15.2. The van der Waals surface area contributed by atoms with Crippen molar-refractivity contribution in [3.8, 4) is 5.75 Å². The fraction of sp³-hybridized carbons (Fsp3) is 0.0909. The van der Waals surface area contributed by atoms with E-state index in [-0.39, 0.29) is 17.4 Å². The van der Waals surface area contributed by atoms with Gasteiger partial charge in [0.2, 0.25) is 0 Å². The fourth-order valence-electron chi connectivity index (χ4n) is 3.12. The highest BCUT2D eigenvalue weighted by Gasteiger charge is 2.27. The van der Waals surface area contributed by atoms with Gasteiger partial charge in [0.05, 0.1) is 16.2 Å². The van der Waals surface area contributed by atoms with Gasteiger partial charge >= 0.3 is 5.97 Å². The van der Waals surface area contributed by atoms with Gasteiger partial charge in [0.1, 0.15) is 11.9 Å². The summed E-state index contributed by atoms with van der Waals surface area (Å²) in [5.41, 5.74) is 2.17. The van der Waals surface area contributed by atoms with E-state index >= 15 is 0 Å². The topological polar surface area (TPSA) is 91.0 Å². The second-order valence-electron chi connectivity index (χ2n) is 6.44. The molecule has 7 heteroatoms. The molecule has 1 aliphatic heterocycles. The molecular weight excluding hydrogens is 372 g/mol. The van der Waals surface area contributed by atoms with E-state index in [1.165, 1.54) is 18.2 Å². The second-order valence-corrected chi connectivity index (χ2v) is 6.44. The Morgan fingerprint density at radius 1 is 1.03 bits per heavy atom. The van der Waals surface area contributed by atoms with Gasteiger partial charge in [-0.1, -0.05) is 53.7 Å². The largest absolute Gasteiger partial charge is 0.485 e. The predicted octanol–water partition coefficient (Wildman–Crippen LogP) is 4.68. The first kappa shape index (κ1) is 18.4. The van der Waals surface area contributed by atoms with Gasteiger partial charge in [-0.05, 0) is 23.8 Å². The van der Waals surface area contributed by atoms with E-state index in [0.717, 1.165) is 17.2 Å². The van der Waals surface area contributed by atoms with E-state index in [1.54, 1.807) is 0 Å². The lowest BCUT2D eigenvalue weighted by Crippen LogP contribution is -2.21. The van der Waals surface area contributed by atoms with Gasteiger partial charge in [-0.3, -0.25) is 10.1 Å². The molecule has 144 valence electrons. The molecule has 0 unspecified atom stereocenters. The molecule has 0 aromatic heterocycles. The maximum absolute atomic E-state index is 12.3. The Kier molecular flexibility index (Phi) is 5.03. The van der Waals surface area contributed by atoms with Crippen LogP contribution in [-0.2, 0) is 4.84 Å². The van der Waals surface area contributed by atoms with Gasteiger partial charge in [-0.25, -0.2) is 4.79 Å². The molecule has 0 bridgehead atoms. The summed E-state index contributed by atoms with van der Waals surface area (Å²) >= 11 is 0. The van der Waals surface area contributed by atoms with Crippen LogP contribution in [0, 0.1) is 10.1 Å². The van der Waals surface area contributed by atoms with E-state index in [2.05, 4.69) is 5.16 Å². The lowest BCUT2D eigenvalue weighted by molar-refractivity contribution is -0.384. The average Bonchev–Trinajstić information content (AvgIpc) is 2.77. The van der Waals surface area contributed by atoms with E-state index < -0.39 is 10.9 Å². The molecule has 7 nitrogen and oxygen atoms in total. The van der Waals surface area contributed by atoms with Gasteiger partial charge < -0.3 is 9.57 Å². The summed E-state index contributed by atoms with van der Waals surface area (Å²) in [6.45, 7) is 0. The standard InChI is InChI=1S/C22H16N2O5/c25-22(16-9-6-10-17(13-16)24(26)27)29-23-19-14-21(15-7-2-1-3-8-15)28-20-12-5-4-11-18(19)20/h1-13,21H,14H2/b23-19-/t21-/m0/s1. The molecule has 0 amide bonds. The van der Waals surface area contributed by atoms with Crippen LogP contribution < -0.4 is 4.74 Å². The summed E-state index contributed by atoms with van der Waals surface area (Å²) in [6, 6.07) is 22.4. The third kappa shape index (κ3) is 3.98. The number of ether oxygens (including phenoxy) is 1. The van der Waals surface area contributed by atoms with Crippen LogP contribution in [0.3, 0.4) is 0 Å². The molecule has 1 atom stereocenters. The Morgan fingerprint density at radius 3 is 2.59 bits per heavy atom. The Morgan fingerprint density at radius 2 is 1.79 bits per heavy atom. The van der Waals surface area contributed by atoms with Crippen LogP contribution in [0.25, 0.3) is 0 Å². The molecule has 29 heavy (non-hydrogen) atoms. The van der Waals surface area contributed by atoms with Crippen LogP contribution in [-0.4, -0.2) is 16.6 Å². The number of carbonyl (C=O) groups is 1. The normalized spacial score (nSPS) is 16.6. The van der Waals surface area contributed by atoms with E-state index in [4.69, 9.17) is 9.57 Å². The summed E-state index contributed by atoms with van der Waals surface area (Å²) in [7, 11) is 0. The molecule has 0 saturated carbocycles. The fourth-order valence-corrected chi connectivity index (χ4v) is 3.12. The Bertz CT molecular complexity index is 1100. The van der Waals surface area contributed by atoms with Gasteiger partial charge in [0, 0.05) is 24.1 Å². The van der Waals surface area contributed by atoms with Crippen LogP contribution in [0.15, 0.2) is 84.0 Å². The molecule has 0 fully saturated rings. The Hall–Kier alpha value is -4.00. The van der Waals surface area contributed by atoms with Crippen molar-refractivity contribution in [2.24, 2.45) is 5.16 Å². The number of benzene rings is 3. The summed E-state index contributed by atoms with van der Waals surface area (Å²) in [5, 5.41) is 15.0. The van der Waals surface area contributed by atoms with Crippen molar-refractivity contribution < 1.29 is 19.3 Å². The van der Waals surface area contributed by atoms with E-state index in [0.29, 0.717) is 17.9 Å². The Balaban J connectivity index is 1.60.